The molecule has 0 aliphatic heterocycles. The van der Waals surface area contributed by atoms with E-state index in [9.17, 15) is 0 Å². The fraction of sp³-hybridized carbons (Fsp3) is 0.538. The van der Waals surface area contributed by atoms with Crippen LogP contribution < -0.4 is 0 Å². The van der Waals surface area contributed by atoms with Gasteiger partial charge >= 0.3 is 0 Å². The van der Waals surface area contributed by atoms with Crippen molar-refractivity contribution in [2.75, 3.05) is 5.33 Å². The van der Waals surface area contributed by atoms with Gasteiger partial charge in [-0.2, -0.15) is 0 Å². The average molecular weight is 255 g/mol. The Kier molecular flexibility index (Phi) is 5.24. The number of unbranched alkanes of at least 4 members (excludes halogenated alkanes) is 1. The Hall–Kier alpha value is -0.300. The molecular weight excluding hydrogens is 236 g/mol. The van der Waals surface area contributed by atoms with E-state index in [1.165, 1.54) is 30.4 Å². The SMILES string of the molecule is CCCCC(CBr)c1ccc(C)cc1. The summed E-state index contributed by atoms with van der Waals surface area (Å²) >= 11 is 3.60. The van der Waals surface area contributed by atoms with E-state index in [2.05, 4.69) is 54.0 Å². The normalized spacial score (nSPS) is 12.8. The van der Waals surface area contributed by atoms with Gasteiger partial charge in [0, 0.05) is 5.33 Å². The second-order valence-electron chi connectivity index (χ2n) is 3.90. The van der Waals surface area contributed by atoms with Gasteiger partial charge in [0.05, 0.1) is 0 Å². The highest BCUT2D eigenvalue weighted by Gasteiger charge is 2.08. The number of rotatable bonds is 5. The van der Waals surface area contributed by atoms with Crippen LogP contribution in [0.4, 0.5) is 0 Å². The Morgan fingerprint density at radius 3 is 2.36 bits per heavy atom. The molecule has 14 heavy (non-hydrogen) atoms. The van der Waals surface area contributed by atoms with E-state index in [-0.39, 0.29) is 0 Å². The van der Waals surface area contributed by atoms with Crippen LogP contribution in [0.25, 0.3) is 0 Å². The van der Waals surface area contributed by atoms with E-state index in [1.54, 1.807) is 0 Å². The predicted molar refractivity (Wildman–Crippen MR) is 67.2 cm³/mol. The summed E-state index contributed by atoms with van der Waals surface area (Å²) in [6, 6.07) is 8.93. The quantitative estimate of drug-likeness (QED) is 0.671. The van der Waals surface area contributed by atoms with Crippen LogP contribution in [-0.2, 0) is 0 Å². The van der Waals surface area contributed by atoms with Gasteiger partial charge in [-0.15, -0.1) is 0 Å². The first-order chi connectivity index (χ1) is 6.77. The summed E-state index contributed by atoms with van der Waals surface area (Å²) in [4.78, 5) is 0. The van der Waals surface area contributed by atoms with E-state index in [0.717, 1.165) is 5.33 Å². The standard InChI is InChI=1S/C13H19Br/c1-3-4-5-13(10-14)12-8-6-11(2)7-9-12/h6-9,13H,3-5,10H2,1-2H3. The van der Waals surface area contributed by atoms with Crippen molar-refractivity contribution in [2.24, 2.45) is 0 Å². The van der Waals surface area contributed by atoms with Crippen LogP contribution in [0.2, 0.25) is 0 Å². The molecule has 0 amide bonds. The monoisotopic (exact) mass is 254 g/mol. The molecule has 0 aliphatic rings. The lowest BCUT2D eigenvalue weighted by Gasteiger charge is -2.13. The first kappa shape index (κ1) is 11.8. The van der Waals surface area contributed by atoms with Crippen molar-refractivity contribution >= 4 is 15.9 Å². The van der Waals surface area contributed by atoms with Crippen molar-refractivity contribution in [3.63, 3.8) is 0 Å². The Morgan fingerprint density at radius 2 is 1.86 bits per heavy atom. The largest absolute Gasteiger partial charge is 0.0921 e. The zero-order valence-electron chi connectivity index (χ0n) is 9.09. The number of alkyl halides is 1. The van der Waals surface area contributed by atoms with Crippen LogP contribution >= 0.6 is 15.9 Å². The lowest BCUT2D eigenvalue weighted by Crippen LogP contribution is -2.00. The summed E-state index contributed by atoms with van der Waals surface area (Å²) in [5, 5.41) is 1.08. The lowest BCUT2D eigenvalue weighted by atomic mass is 9.95. The molecule has 0 spiro atoms. The van der Waals surface area contributed by atoms with E-state index >= 15 is 0 Å². The zero-order chi connectivity index (χ0) is 10.4. The molecule has 0 N–H and O–H groups in total. The Labute approximate surface area is 95.9 Å². The van der Waals surface area contributed by atoms with Gasteiger partial charge in [0.15, 0.2) is 0 Å². The lowest BCUT2D eigenvalue weighted by molar-refractivity contribution is 0.633. The molecule has 78 valence electrons. The molecule has 0 aliphatic carbocycles. The topological polar surface area (TPSA) is 0 Å². The molecule has 0 fully saturated rings. The van der Waals surface area contributed by atoms with Crippen molar-refractivity contribution in [1.82, 2.24) is 0 Å². The smallest absolute Gasteiger partial charge is 0.0100 e. The summed E-state index contributed by atoms with van der Waals surface area (Å²) < 4.78 is 0. The Morgan fingerprint density at radius 1 is 1.21 bits per heavy atom. The van der Waals surface area contributed by atoms with Gasteiger partial charge in [0.25, 0.3) is 0 Å². The second-order valence-corrected chi connectivity index (χ2v) is 4.55. The molecule has 1 rings (SSSR count). The van der Waals surface area contributed by atoms with Crippen LogP contribution in [0.5, 0.6) is 0 Å². The molecular formula is C13H19Br. The number of benzene rings is 1. The third kappa shape index (κ3) is 3.45. The van der Waals surface area contributed by atoms with Crippen LogP contribution in [0.3, 0.4) is 0 Å². The van der Waals surface area contributed by atoms with Crippen LogP contribution in [0, 0.1) is 6.92 Å². The minimum absolute atomic E-state index is 0.690. The minimum Gasteiger partial charge on any atom is -0.0921 e. The van der Waals surface area contributed by atoms with Crippen molar-refractivity contribution in [1.29, 1.82) is 0 Å². The van der Waals surface area contributed by atoms with Crippen LogP contribution in [-0.4, -0.2) is 5.33 Å². The maximum atomic E-state index is 3.60. The van der Waals surface area contributed by atoms with Crippen molar-refractivity contribution in [2.45, 2.75) is 39.0 Å². The maximum absolute atomic E-state index is 3.60. The molecule has 1 aromatic carbocycles. The number of halogens is 1. The molecule has 0 nitrogen and oxygen atoms in total. The maximum Gasteiger partial charge on any atom is 0.0100 e. The predicted octanol–water partition coefficient (Wildman–Crippen LogP) is 4.66. The first-order valence-corrected chi connectivity index (χ1v) is 6.52. The van der Waals surface area contributed by atoms with Gasteiger partial charge in [0.1, 0.15) is 0 Å². The average Bonchev–Trinajstić information content (AvgIpc) is 2.21. The molecule has 0 saturated carbocycles. The summed E-state index contributed by atoms with van der Waals surface area (Å²) in [6.45, 7) is 4.39. The minimum atomic E-state index is 0.690. The third-order valence-electron chi connectivity index (χ3n) is 2.64. The molecule has 0 radical (unpaired) electrons. The van der Waals surface area contributed by atoms with Gasteiger partial charge in [-0.05, 0) is 24.8 Å². The highest BCUT2D eigenvalue weighted by molar-refractivity contribution is 9.09. The highest BCUT2D eigenvalue weighted by Crippen LogP contribution is 2.24. The Bertz CT molecular complexity index is 250. The van der Waals surface area contributed by atoms with E-state index < -0.39 is 0 Å². The first-order valence-electron chi connectivity index (χ1n) is 5.40. The van der Waals surface area contributed by atoms with E-state index in [0.29, 0.717) is 5.92 Å². The number of aryl methyl sites for hydroxylation is 1. The summed E-state index contributed by atoms with van der Waals surface area (Å²) in [6.07, 6.45) is 3.91. The molecule has 1 unspecified atom stereocenters. The Balaban J connectivity index is 2.64. The van der Waals surface area contributed by atoms with Gasteiger partial charge in [-0.1, -0.05) is 65.5 Å². The van der Waals surface area contributed by atoms with Gasteiger partial charge in [-0.3, -0.25) is 0 Å². The third-order valence-corrected chi connectivity index (χ3v) is 3.42. The molecule has 1 heteroatoms. The molecule has 0 bridgehead atoms. The van der Waals surface area contributed by atoms with Crippen molar-refractivity contribution in [3.8, 4) is 0 Å². The summed E-state index contributed by atoms with van der Waals surface area (Å²) in [5.74, 6) is 0.690. The zero-order valence-corrected chi connectivity index (χ0v) is 10.7. The van der Waals surface area contributed by atoms with Gasteiger partial charge in [-0.25, -0.2) is 0 Å². The molecule has 0 aromatic heterocycles. The molecule has 1 aromatic rings. The van der Waals surface area contributed by atoms with Crippen molar-refractivity contribution in [3.05, 3.63) is 35.4 Å². The van der Waals surface area contributed by atoms with Gasteiger partial charge in [0.2, 0.25) is 0 Å². The van der Waals surface area contributed by atoms with E-state index in [1.807, 2.05) is 0 Å². The number of hydrogen-bond donors (Lipinski definition) is 0. The summed E-state index contributed by atoms with van der Waals surface area (Å²) in [5.41, 5.74) is 2.82. The van der Waals surface area contributed by atoms with Crippen molar-refractivity contribution < 1.29 is 0 Å². The molecule has 0 heterocycles. The highest BCUT2D eigenvalue weighted by atomic mass is 79.9. The van der Waals surface area contributed by atoms with Crippen LogP contribution in [0.15, 0.2) is 24.3 Å². The number of hydrogen-bond acceptors (Lipinski definition) is 0. The second kappa shape index (κ2) is 6.23. The van der Waals surface area contributed by atoms with E-state index in [4.69, 9.17) is 0 Å². The fourth-order valence-electron chi connectivity index (χ4n) is 1.62. The summed E-state index contributed by atoms with van der Waals surface area (Å²) in [7, 11) is 0. The molecule has 0 saturated heterocycles. The van der Waals surface area contributed by atoms with Crippen LogP contribution in [0.1, 0.15) is 43.2 Å². The fourth-order valence-corrected chi connectivity index (χ4v) is 2.32. The molecule has 1 atom stereocenters. The van der Waals surface area contributed by atoms with Gasteiger partial charge < -0.3 is 0 Å².